The van der Waals surface area contributed by atoms with Crippen molar-refractivity contribution >= 4 is 22.4 Å². The van der Waals surface area contributed by atoms with Gasteiger partial charge in [-0.2, -0.15) is 0 Å². The minimum atomic E-state index is -3.75. The first-order valence-corrected chi connectivity index (χ1v) is 5.93. The first kappa shape index (κ1) is 15.2. The van der Waals surface area contributed by atoms with Crippen molar-refractivity contribution in [3.05, 3.63) is 23.8 Å². The van der Waals surface area contributed by atoms with Gasteiger partial charge in [-0.15, -0.1) is 12.4 Å². The van der Waals surface area contributed by atoms with Crippen LogP contribution in [0.4, 0.5) is 0 Å². The predicted molar refractivity (Wildman–Crippen MR) is 64.4 cm³/mol. The van der Waals surface area contributed by atoms with Gasteiger partial charge in [0.05, 0.1) is 7.11 Å². The zero-order valence-electron chi connectivity index (χ0n) is 8.84. The molecule has 0 saturated heterocycles. The van der Waals surface area contributed by atoms with E-state index in [4.69, 9.17) is 15.6 Å². The molecule has 0 radical (unpaired) electrons. The maximum absolute atomic E-state index is 11.2. The highest BCUT2D eigenvalue weighted by molar-refractivity contribution is 7.89. The molecule has 0 heterocycles. The molecule has 0 spiro atoms. The molecule has 1 aromatic rings. The van der Waals surface area contributed by atoms with Crippen molar-refractivity contribution in [1.82, 2.24) is 0 Å². The fourth-order valence-corrected chi connectivity index (χ4v) is 2.01. The van der Waals surface area contributed by atoms with Crippen LogP contribution in [0.1, 0.15) is 5.56 Å². The summed E-state index contributed by atoms with van der Waals surface area (Å²) in [4.78, 5) is -0.00375. The molecule has 1 aromatic carbocycles. The monoisotopic (exact) mass is 266 g/mol. The SMILES string of the molecule is COc1ccc(CCN)cc1S(N)(=O)=O.Cl. The second-order valence-electron chi connectivity index (χ2n) is 3.07. The number of methoxy groups -OCH3 is 1. The number of benzene rings is 1. The zero-order chi connectivity index (χ0) is 11.5. The average molecular weight is 267 g/mol. The van der Waals surface area contributed by atoms with E-state index in [1.165, 1.54) is 13.2 Å². The quantitative estimate of drug-likeness (QED) is 0.817. The van der Waals surface area contributed by atoms with Crippen LogP contribution in [-0.4, -0.2) is 22.1 Å². The predicted octanol–water partition coefficient (Wildman–Crippen LogP) is 0.266. The number of hydrogen-bond donors (Lipinski definition) is 2. The fourth-order valence-electron chi connectivity index (χ4n) is 1.27. The minimum Gasteiger partial charge on any atom is -0.495 e. The van der Waals surface area contributed by atoms with E-state index in [0.29, 0.717) is 13.0 Å². The highest BCUT2D eigenvalue weighted by atomic mass is 35.5. The topological polar surface area (TPSA) is 95.4 Å². The van der Waals surface area contributed by atoms with Gasteiger partial charge in [0.1, 0.15) is 10.6 Å². The Bertz CT molecular complexity index is 448. The summed E-state index contributed by atoms with van der Waals surface area (Å²) >= 11 is 0. The maximum Gasteiger partial charge on any atom is 0.241 e. The summed E-state index contributed by atoms with van der Waals surface area (Å²) in [6.07, 6.45) is 0.604. The molecule has 4 N–H and O–H groups in total. The molecule has 0 aliphatic rings. The van der Waals surface area contributed by atoms with Crippen molar-refractivity contribution < 1.29 is 13.2 Å². The van der Waals surface area contributed by atoms with Crippen LogP contribution in [0.2, 0.25) is 0 Å². The summed E-state index contributed by atoms with van der Waals surface area (Å²) in [5.41, 5.74) is 6.20. The van der Waals surface area contributed by atoms with E-state index in [9.17, 15) is 8.42 Å². The van der Waals surface area contributed by atoms with Crippen LogP contribution >= 0.6 is 12.4 Å². The van der Waals surface area contributed by atoms with Gasteiger partial charge in [-0.3, -0.25) is 0 Å². The van der Waals surface area contributed by atoms with Gasteiger partial charge in [-0.1, -0.05) is 6.07 Å². The molecule has 16 heavy (non-hydrogen) atoms. The number of nitrogens with two attached hydrogens (primary N) is 2. The molecule has 0 fully saturated rings. The molecule has 5 nitrogen and oxygen atoms in total. The lowest BCUT2D eigenvalue weighted by Gasteiger charge is -2.08. The first-order chi connectivity index (χ1) is 6.99. The van der Waals surface area contributed by atoms with E-state index < -0.39 is 10.0 Å². The number of sulfonamides is 1. The number of rotatable bonds is 4. The largest absolute Gasteiger partial charge is 0.495 e. The Hall–Kier alpha value is -0.820. The van der Waals surface area contributed by atoms with Gasteiger partial charge in [0, 0.05) is 0 Å². The lowest BCUT2D eigenvalue weighted by molar-refractivity contribution is 0.402. The van der Waals surface area contributed by atoms with Crippen molar-refractivity contribution in [3.63, 3.8) is 0 Å². The average Bonchev–Trinajstić information content (AvgIpc) is 2.17. The lowest BCUT2D eigenvalue weighted by Crippen LogP contribution is -2.14. The van der Waals surface area contributed by atoms with Crippen LogP contribution in [0.5, 0.6) is 5.75 Å². The van der Waals surface area contributed by atoms with Crippen molar-refractivity contribution in [3.8, 4) is 5.75 Å². The molecular weight excluding hydrogens is 252 g/mol. The maximum atomic E-state index is 11.2. The summed E-state index contributed by atoms with van der Waals surface area (Å²) in [6.45, 7) is 0.455. The molecule has 0 saturated carbocycles. The highest BCUT2D eigenvalue weighted by Crippen LogP contribution is 2.23. The second kappa shape index (κ2) is 6.05. The van der Waals surface area contributed by atoms with Crippen LogP contribution in [-0.2, 0) is 16.4 Å². The van der Waals surface area contributed by atoms with Gasteiger partial charge in [0.2, 0.25) is 10.0 Å². The molecule has 7 heteroatoms. The Labute approximate surface area is 101 Å². The van der Waals surface area contributed by atoms with Crippen molar-refractivity contribution in [2.45, 2.75) is 11.3 Å². The Morgan fingerprint density at radius 1 is 1.38 bits per heavy atom. The van der Waals surface area contributed by atoms with Crippen LogP contribution in [0.15, 0.2) is 23.1 Å². The summed E-state index contributed by atoms with van der Waals surface area (Å²) < 4.78 is 27.4. The van der Waals surface area contributed by atoms with Gasteiger partial charge in [0.15, 0.2) is 0 Å². The third kappa shape index (κ3) is 3.64. The zero-order valence-corrected chi connectivity index (χ0v) is 10.5. The van der Waals surface area contributed by atoms with E-state index in [-0.39, 0.29) is 23.1 Å². The van der Waals surface area contributed by atoms with E-state index in [1.807, 2.05) is 0 Å². The number of primary sulfonamides is 1. The van der Waals surface area contributed by atoms with Crippen molar-refractivity contribution in [1.29, 1.82) is 0 Å². The third-order valence-corrected chi connectivity index (χ3v) is 2.90. The summed E-state index contributed by atoms with van der Waals surface area (Å²) in [5.74, 6) is 0.248. The van der Waals surface area contributed by atoms with Gasteiger partial charge in [0.25, 0.3) is 0 Å². The minimum absolute atomic E-state index is 0. The molecule has 0 bridgehead atoms. The molecule has 0 aromatic heterocycles. The molecular formula is C9H15ClN2O3S. The van der Waals surface area contributed by atoms with Crippen molar-refractivity contribution in [2.24, 2.45) is 10.9 Å². The summed E-state index contributed by atoms with van der Waals surface area (Å²) in [5, 5.41) is 5.06. The van der Waals surface area contributed by atoms with Crippen LogP contribution in [0, 0.1) is 0 Å². The van der Waals surface area contributed by atoms with Gasteiger partial charge in [-0.25, -0.2) is 13.6 Å². The van der Waals surface area contributed by atoms with Crippen LogP contribution < -0.4 is 15.6 Å². The van der Waals surface area contributed by atoms with Gasteiger partial charge < -0.3 is 10.5 Å². The smallest absolute Gasteiger partial charge is 0.241 e. The molecule has 92 valence electrons. The molecule has 1 rings (SSSR count). The Morgan fingerprint density at radius 3 is 2.44 bits per heavy atom. The van der Waals surface area contributed by atoms with E-state index in [1.54, 1.807) is 12.1 Å². The van der Waals surface area contributed by atoms with E-state index in [2.05, 4.69) is 0 Å². The molecule has 0 amide bonds. The summed E-state index contributed by atoms with van der Waals surface area (Å²) in [6, 6.07) is 4.83. The van der Waals surface area contributed by atoms with Gasteiger partial charge in [-0.05, 0) is 30.7 Å². The molecule has 0 unspecified atom stereocenters. The van der Waals surface area contributed by atoms with E-state index in [0.717, 1.165) is 5.56 Å². The van der Waals surface area contributed by atoms with E-state index >= 15 is 0 Å². The molecule has 0 atom stereocenters. The first-order valence-electron chi connectivity index (χ1n) is 4.39. The second-order valence-corrected chi connectivity index (χ2v) is 4.60. The Balaban J connectivity index is 0.00000225. The Morgan fingerprint density at radius 2 is 2.00 bits per heavy atom. The molecule has 0 aliphatic heterocycles. The van der Waals surface area contributed by atoms with Crippen LogP contribution in [0.3, 0.4) is 0 Å². The normalized spacial score (nSPS) is 10.7. The molecule has 0 aliphatic carbocycles. The highest BCUT2D eigenvalue weighted by Gasteiger charge is 2.15. The van der Waals surface area contributed by atoms with Crippen molar-refractivity contribution in [2.75, 3.05) is 13.7 Å². The van der Waals surface area contributed by atoms with Crippen LogP contribution in [0.25, 0.3) is 0 Å². The summed E-state index contributed by atoms with van der Waals surface area (Å²) in [7, 11) is -2.36. The fraction of sp³-hybridized carbons (Fsp3) is 0.333. The standard InChI is InChI=1S/C9H14N2O3S.ClH/c1-14-8-3-2-7(4-5-10)6-9(8)15(11,12)13;/h2-3,6H,4-5,10H2,1H3,(H2,11,12,13);1H. The Kier molecular flexibility index (Phi) is 5.74. The number of halogens is 1. The number of hydrogen-bond acceptors (Lipinski definition) is 4. The third-order valence-electron chi connectivity index (χ3n) is 1.97. The lowest BCUT2D eigenvalue weighted by atomic mass is 10.1. The van der Waals surface area contributed by atoms with Gasteiger partial charge >= 0.3 is 0 Å². The number of ether oxygens (including phenoxy) is 1.